The van der Waals surface area contributed by atoms with E-state index in [0.717, 1.165) is 23.5 Å². The van der Waals surface area contributed by atoms with Crippen LogP contribution in [0.25, 0.3) is 0 Å². The van der Waals surface area contributed by atoms with Crippen LogP contribution in [0.15, 0.2) is 23.1 Å². The molecule has 0 radical (unpaired) electrons. The van der Waals surface area contributed by atoms with Gasteiger partial charge in [-0.1, -0.05) is 13.8 Å². The summed E-state index contributed by atoms with van der Waals surface area (Å²) in [7, 11) is -1.99. The van der Waals surface area contributed by atoms with Crippen molar-refractivity contribution in [2.24, 2.45) is 11.1 Å². The van der Waals surface area contributed by atoms with Crippen LogP contribution in [0, 0.1) is 5.41 Å². The monoisotopic (exact) mass is 382 g/mol. The van der Waals surface area contributed by atoms with Crippen LogP contribution >= 0.6 is 0 Å². The van der Waals surface area contributed by atoms with Gasteiger partial charge in [-0.25, -0.2) is 17.5 Å². The summed E-state index contributed by atoms with van der Waals surface area (Å²) >= 11 is 0. The SMILES string of the molecule is COC(=O)c1ccc(S(=O)(=O)N(C)CC(C)(C)CN)cc1C(F)(F)F. The maximum atomic E-state index is 13.2. The Morgan fingerprint density at radius 2 is 1.84 bits per heavy atom. The van der Waals surface area contributed by atoms with Gasteiger partial charge in [0.05, 0.1) is 23.1 Å². The molecular weight excluding hydrogens is 361 g/mol. The molecule has 2 N–H and O–H groups in total. The van der Waals surface area contributed by atoms with Gasteiger partial charge in [-0.05, 0) is 30.2 Å². The first-order valence-corrected chi connectivity index (χ1v) is 8.66. The van der Waals surface area contributed by atoms with Gasteiger partial charge in [0.15, 0.2) is 0 Å². The third-order valence-electron chi connectivity index (χ3n) is 3.61. The zero-order valence-corrected chi connectivity index (χ0v) is 15.2. The largest absolute Gasteiger partial charge is 0.465 e. The number of carbonyl (C=O) groups excluding carboxylic acids is 1. The van der Waals surface area contributed by atoms with Crippen LogP contribution in [0.4, 0.5) is 13.2 Å². The first-order chi connectivity index (χ1) is 11.3. The highest BCUT2D eigenvalue weighted by molar-refractivity contribution is 7.89. The number of ether oxygens (including phenoxy) is 1. The smallest absolute Gasteiger partial charge is 0.417 e. The van der Waals surface area contributed by atoms with E-state index in [1.807, 2.05) is 0 Å². The fraction of sp³-hybridized carbons (Fsp3) is 0.533. The molecule has 0 atom stereocenters. The van der Waals surface area contributed by atoms with Crippen LogP contribution in [0.5, 0.6) is 0 Å². The van der Waals surface area contributed by atoms with Crippen molar-refractivity contribution in [2.45, 2.75) is 24.9 Å². The number of halogens is 3. The summed E-state index contributed by atoms with van der Waals surface area (Å²) in [6.45, 7) is 3.69. The average molecular weight is 382 g/mol. The molecule has 10 heteroatoms. The highest BCUT2D eigenvalue weighted by atomic mass is 32.2. The number of esters is 1. The molecule has 25 heavy (non-hydrogen) atoms. The highest BCUT2D eigenvalue weighted by Gasteiger charge is 2.37. The molecule has 0 unspecified atom stereocenters. The van der Waals surface area contributed by atoms with E-state index < -0.39 is 43.6 Å². The van der Waals surface area contributed by atoms with Crippen molar-refractivity contribution in [3.05, 3.63) is 29.3 Å². The van der Waals surface area contributed by atoms with Gasteiger partial charge >= 0.3 is 12.1 Å². The van der Waals surface area contributed by atoms with Gasteiger partial charge in [-0.15, -0.1) is 0 Å². The lowest BCUT2D eigenvalue weighted by molar-refractivity contribution is -0.138. The van der Waals surface area contributed by atoms with E-state index >= 15 is 0 Å². The standard InChI is InChI=1S/C15H21F3N2O4S/c1-14(2,8-19)9-20(3)25(22,23)10-5-6-11(13(21)24-4)12(7-10)15(16,17)18/h5-7H,8-9,19H2,1-4H3. The lowest BCUT2D eigenvalue weighted by Gasteiger charge is -2.28. The molecule has 6 nitrogen and oxygen atoms in total. The van der Waals surface area contributed by atoms with Crippen LogP contribution in [-0.2, 0) is 20.9 Å². The minimum Gasteiger partial charge on any atom is -0.465 e. The Kier molecular flexibility index (Phi) is 6.25. The molecule has 0 aromatic heterocycles. The number of nitrogens with zero attached hydrogens (tertiary/aromatic N) is 1. The van der Waals surface area contributed by atoms with E-state index in [9.17, 15) is 26.4 Å². The molecule has 0 aliphatic carbocycles. The molecule has 0 bridgehead atoms. The topological polar surface area (TPSA) is 89.7 Å². The molecule has 1 aromatic rings. The number of hydrogen-bond acceptors (Lipinski definition) is 5. The molecule has 0 fully saturated rings. The maximum Gasteiger partial charge on any atom is 0.417 e. The molecule has 1 rings (SSSR count). The Morgan fingerprint density at radius 1 is 1.28 bits per heavy atom. The third-order valence-corrected chi connectivity index (χ3v) is 5.41. The van der Waals surface area contributed by atoms with Gasteiger partial charge in [0, 0.05) is 13.6 Å². The first kappa shape index (κ1) is 21.4. The van der Waals surface area contributed by atoms with Gasteiger partial charge in [0.25, 0.3) is 0 Å². The predicted molar refractivity (Wildman–Crippen MR) is 85.4 cm³/mol. The van der Waals surface area contributed by atoms with Gasteiger partial charge in [0.2, 0.25) is 10.0 Å². The fourth-order valence-electron chi connectivity index (χ4n) is 2.14. The zero-order valence-electron chi connectivity index (χ0n) is 14.3. The molecule has 0 aliphatic rings. The Bertz CT molecular complexity index is 746. The Balaban J connectivity index is 3.41. The summed E-state index contributed by atoms with van der Waals surface area (Å²) in [5, 5.41) is 0. The molecule has 0 heterocycles. The fourth-order valence-corrected chi connectivity index (χ4v) is 3.52. The highest BCUT2D eigenvalue weighted by Crippen LogP contribution is 2.34. The molecule has 142 valence electrons. The summed E-state index contributed by atoms with van der Waals surface area (Å²) in [5.74, 6) is -1.20. The molecule has 0 amide bonds. The number of sulfonamides is 1. The molecular formula is C15H21F3N2O4S. The van der Waals surface area contributed by atoms with Crippen molar-refractivity contribution in [2.75, 3.05) is 27.2 Å². The maximum absolute atomic E-state index is 13.2. The number of methoxy groups -OCH3 is 1. The van der Waals surface area contributed by atoms with Crippen LogP contribution in [0.2, 0.25) is 0 Å². The van der Waals surface area contributed by atoms with Gasteiger partial charge in [-0.3, -0.25) is 0 Å². The van der Waals surface area contributed by atoms with Crippen LogP contribution in [-0.4, -0.2) is 45.9 Å². The van der Waals surface area contributed by atoms with E-state index in [-0.39, 0.29) is 13.1 Å². The second-order valence-corrected chi connectivity index (χ2v) is 8.37. The van der Waals surface area contributed by atoms with E-state index in [0.29, 0.717) is 6.07 Å². The second-order valence-electron chi connectivity index (χ2n) is 6.33. The molecule has 0 aliphatic heterocycles. The lowest BCUT2D eigenvalue weighted by atomic mass is 9.94. The Labute approximate surface area is 144 Å². The van der Waals surface area contributed by atoms with E-state index in [4.69, 9.17) is 5.73 Å². The van der Waals surface area contributed by atoms with Crippen molar-refractivity contribution in [3.8, 4) is 0 Å². The van der Waals surface area contributed by atoms with Crippen LogP contribution in [0.3, 0.4) is 0 Å². The van der Waals surface area contributed by atoms with Crippen LogP contribution in [0.1, 0.15) is 29.8 Å². The minimum atomic E-state index is -4.91. The van der Waals surface area contributed by atoms with Crippen molar-refractivity contribution in [1.82, 2.24) is 4.31 Å². The number of alkyl halides is 3. The number of benzene rings is 1. The van der Waals surface area contributed by atoms with E-state index in [2.05, 4.69) is 4.74 Å². The van der Waals surface area contributed by atoms with Crippen molar-refractivity contribution >= 4 is 16.0 Å². The van der Waals surface area contributed by atoms with Gasteiger partial charge in [-0.2, -0.15) is 13.2 Å². The third kappa shape index (κ3) is 4.93. The summed E-state index contributed by atoms with van der Waals surface area (Å²) in [4.78, 5) is 10.9. The average Bonchev–Trinajstić information content (AvgIpc) is 2.52. The Hall–Kier alpha value is -1.65. The molecule has 0 saturated heterocycles. The number of nitrogens with two attached hydrogens (primary N) is 1. The van der Waals surface area contributed by atoms with E-state index in [1.165, 1.54) is 7.05 Å². The first-order valence-electron chi connectivity index (χ1n) is 7.22. The zero-order chi connectivity index (χ0) is 19.6. The summed E-state index contributed by atoms with van der Waals surface area (Å²) in [6, 6.07) is 2.18. The van der Waals surface area contributed by atoms with Gasteiger partial charge in [0.1, 0.15) is 0 Å². The van der Waals surface area contributed by atoms with Crippen molar-refractivity contribution in [3.63, 3.8) is 0 Å². The minimum absolute atomic E-state index is 0.0198. The quantitative estimate of drug-likeness (QED) is 0.761. The summed E-state index contributed by atoms with van der Waals surface area (Å²) < 4.78 is 70.0. The predicted octanol–water partition coefficient (Wildman–Crippen LogP) is 2.10. The number of rotatable bonds is 6. The Morgan fingerprint density at radius 3 is 2.28 bits per heavy atom. The number of hydrogen-bond donors (Lipinski definition) is 1. The normalized spacial score (nSPS) is 13.2. The summed E-state index contributed by atoms with van der Waals surface area (Å²) in [6.07, 6.45) is -4.91. The van der Waals surface area contributed by atoms with Crippen LogP contribution < -0.4 is 5.73 Å². The van der Waals surface area contributed by atoms with Crippen molar-refractivity contribution < 1.29 is 31.1 Å². The van der Waals surface area contributed by atoms with Gasteiger partial charge < -0.3 is 10.5 Å². The van der Waals surface area contributed by atoms with E-state index in [1.54, 1.807) is 13.8 Å². The second kappa shape index (κ2) is 7.30. The molecule has 0 spiro atoms. The van der Waals surface area contributed by atoms with Crippen molar-refractivity contribution in [1.29, 1.82) is 0 Å². The summed E-state index contributed by atoms with van der Waals surface area (Å²) in [5.41, 5.74) is 2.89. The molecule has 1 aromatic carbocycles. The lowest BCUT2D eigenvalue weighted by Crippen LogP contribution is -2.39. The molecule has 0 saturated carbocycles. The number of carbonyl (C=O) groups is 1.